The van der Waals surface area contributed by atoms with E-state index in [-0.39, 0.29) is 5.60 Å². The average molecular weight is 261 g/mol. The molecule has 3 heteroatoms. The molecule has 2 aliphatic heterocycles. The van der Waals surface area contributed by atoms with Crippen LogP contribution in [0.15, 0.2) is 18.2 Å². The average Bonchev–Trinajstić information content (AvgIpc) is 2.72. The van der Waals surface area contributed by atoms with Gasteiger partial charge in [-0.15, -0.1) is 0 Å². The van der Waals surface area contributed by atoms with E-state index in [1.165, 1.54) is 17.5 Å². The predicted molar refractivity (Wildman–Crippen MR) is 75.5 cm³/mol. The van der Waals surface area contributed by atoms with Gasteiger partial charge in [-0.3, -0.25) is 0 Å². The second-order valence-electron chi connectivity index (χ2n) is 6.24. The molecule has 1 aromatic rings. The number of rotatable bonds is 3. The summed E-state index contributed by atoms with van der Waals surface area (Å²) in [5, 5.41) is 3.59. The second kappa shape index (κ2) is 5.14. The van der Waals surface area contributed by atoms with Crippen LogP contribution >= 0.6 is 0 Å². The fourth-order valence-corrected chi connectivity index (χ4v) is 2.97. The summed E-state index contributed by atoms with van der Waals surface area (Å²) in [7, 11) is 0. The lowest BCUT2D eigenvalue weighted by Gasteiger charge is -2.24. The van der Waals surface area contributed by atoms with Crippen molar-refractivity contribution < 1.29 is 9.47 Å². The van der Waals surface area contributed by atoms with E-state index in [1.54, 1.807) is 0 Å². The van der Waals surface area contributed by atoms with Gasteiger partial charge < -0.3 is 14.8 Å². The van der Waals surface area contributed by atoms with Crippen LogP contribution in [0.1, 0.15) is 37.8 Å². The zero-order valence-electron chi connectivity index (χ0n) is 11.9. The summed E-state index contributed by atoms with van der Waals surface area (Å²) in [6.45, 7) is 6.92. The Morgan fingerprint density at radius 3 is 3.05 bits per heavy atom. The number of nitrogens with one attached hydrogen (secondary N) is 1. The maximum absolute atomic E-state index is 6.09. The molecule has 0 spiro atoms. The summed E-state index contributed by atoms with van der Waals surface area (Å²) in [5.41, 5.74) is 2.55. The summed E-state index contributed by atoms with van der Waals surface area (Å²) in [4.78, 5) is 0. The fourth-order valence-electron chi connectivity index (χ4n) is 2.97. The largest absolute Gasteiger partial charge is 0.487 e. The Labute approximate surface area is 115 Å². The van der Waals surface area contributed by atoms with Gasteiger partial charge in [0, 0.05) is 31.2 Å². The molecule has 0 amide bonds. The third kappa shape index (κ3) is 2.93. The molecule has 0 aliphatic carbocycles. The smallest absolute Gasteiger partial charge is 0.127 e. The van der Waals surface area contributed by atoms with E-state index in [0.717, 1.165) is 38.3 Å². The lowest BCUT2D eigenvalue weighted by Crippen LogP contribution is -2.36. The first-order valence-electron chi connectivity index (χ1n) is 7.25. The van der Waals surface area contributed by atoms with E-state index < -0.39 is 0 Å². The van der Waals surface area contributed by atoms with Crippen LogP contribution < -0.4 is 10.1 Å². The van der Waals surface area contributed by atoms with Gasteiger partial charge in [0.2, 0.25) is 0 Å². The molecule has 1 atom stereocenters. The number of benzene rings is 1. The number of ether oxygens (including phenoxy) is 2. The lowest BCUT2D eigenvalue weighted by atomic mass is 10.0. The fraction of sp³-hybridized carbons (Fsp3) is 0.625. The molecule has 2 aliphatic rings. The van der Waals surface area contributed by atoms with E-state index in [9.17, 15) is 0 Å². The van der Waals surface area contributed by atoms with E-state index in [0.29, 0.717) is 6.04 Å². The molecule has 19 heavy (non-hydrogen) atoms. The van der Waals surface area contributed by atoms with Crippen LogP contribution in [-0.4, -0.2) is 24.9 Å². The van der Waals surface area contributed by atoms with E-state index in [4.69, 9.17) is 9.47 Å². The highest BCUT2D eigenvalue weighted by atomic mass is 16.5. The van der Waals surface area contributed by atoms with Gasteiger partial charge in [0.1, 0.15) is 11.4 Å². The van der Waals surface area contributed by atoms with Gasteiger partial charge >= 0.3 is 0 Å². The van der Waals surface area contributed by atoms with Crippen LogP contribution in [0.5, 0.6) is 5.75 Å². The molecule has 1 aromatic carbocycles. The van der Waals surface area contributed by atoms with Crippen LogP contribution in [0.2, 0.25) is 0 Å². The van der Waals surface area contributed by atoms with Crippen LogP contribution in [0, 0.1) is 0 Å². The van der Waals surface area contributed by atoms with Gasteiger partial charge in [0.25, 0.3) is 0 Å². The molecule has 1 saturated heterocycles. The molecule has 0 bridgehead atoms. The van der Waals surface area contributed by atoms with Gasteiger partial charge in [-0.05, 0) is 32.3 Å². The third-order valence-corrected chi connectivity index (χ3v) is 3.91. The van der Waals surface area contributed by atoms with Gasteiger partial charge in [0.05, 0.1) is 6.61 Å². The highest BCUT2D eigenvalue weighted by Crippen LogP contribution is 2.37. The summed E-state index contributed by atoms with van der Waals surface area (Å²) < 4.78 is 11.6. The van der Waals surface area contributed by atoms with E-state index in [2.05, 4.69) is 37.4 Å². The molecule has 0 saturated carbocycles. The van der Waals surface area contributed by atoms with Crippen molar-refractivity contribution in [3.63, 3.8) is 0 Å². The number of hydrogen-bond acceptors (Lipinski definition) is 3. The summed E-state index contributed by atoms with van der Waals surface area (Å²) in [6, 6.07) is 6.96. The maximum Gasteiger partial charge on any atom is 0.127 e. The minimum atomic E-state index is -0.0631. The normalized spacial score (nSPS) is 24.8. The molecule has 1 unspecified atom stereocenters. The molecule has 104 valence electrons. The molecular weight excluding hydrogens is 238 g/mol. The first-order valence-corrected chi connectivity index (χ1v) is 7.25. The monoisotopic (exact) mass is 261 g/mol. The Morgan fingerprint density at radius 1 is 1.37 bits per heavy atom. The van der Waals surface area contributed by atoms with Gasteiger partial charge in [-0.25, -0.2) is 0 Å². The Hall–Kier alpha value is -1.06. The van der Waals surface area contributed by atoms with Gasteiger partial charge in [-0.2, -0.15) is 0 Å². The standard InChI is InChI=1S/C16H23NO2/c1-16(2)9-12-5-3-6-13(15(12)19-16)10-17-14-7-4-8-18-11-14/h3,5-6,14,17H,4,7-11H2,1-2H3. The minimum Gasteiger partial charge on any atom is -0.487 e. The molecule has 3 rings (SSSR count). The Bertz CT molecular complexity index is 450. The lowest BCUT2D eigenvalue weighted by molar-refractivity contribution is 0.0697. The first kappa shape index (κ1) is 12.9. The van der Waals surface area contributed by atoms with Crippen LogP contribution in [-0.2, 0) is 17.7 Å². The van der Waals surface area contributed by atoms with E-state index in [1.807, 2.05) is 0 Å². The quantitative estimate of drug-likeness (QED) is 0.907. The van der Waals surface area contributed by atoms with Crippen molar-refractivity contribution in [2.75, 3.05) is 13.2 Å². The molecular formula is C16H23NO2. The first-order chi connectivity index (χ1) is 9.14. The zero-order valence-corrected chi connectivity index (χ0v) is 11.9. The van der Waals surface area contributed by atoms with Crippen molar-refractivity contribution in [3.8, 4) is 5.75 Å². The topological polar surface area (TPSA) is 30.5 Å². The van der Waals surface area contributed by atoms with Crippen molar-refractivity contribution in [2.45, 2.75) is 51.3 Å². The van der Waals surface area contributed by atoms with Crippen LogP contribution in [0.4, 0.5) is 0 Å². The summed E-state index contributed by atoms with van der Waals surface area (Å²) >= 11 is 0. The molecule has 0 radical (unpaired) electrons. The van der Waals surface area contributed by atoms with Gasteiger partial charge in [-0.1, -0.05) is 18.2 Å². The molecule has 3 nitrogen and oxygen atoms in total. The molecule has 0 aromatic heterocycles. The van der Waals surface area contributed by atoms with E-state index >= 15 is 0 Å². The Morgan fingerprint density at radius 2 is 2.26 bits per heavy atom. The molecule has 1 fully saturated rings. The second-order valence-corrected chi connectivity index (χ2v) is 6.24. The SMILES string of the molecule is CC1(C)Cc2cccc(CNC3CCCOC3)c2O1. The molecule has 1 N–H and O–H groups in total. The van der Waals surface area contributed by atoms with Crippen molar-refractivity contribution in [2.24, 2.45) is 0 Å². The number of hydrogen-bond donors (Lipinski definition) is 1. The Balaban J connectivity index is 1.67. The molecule has 2 heterocycles. The van der Waals surface area contributed by atoms with Crippen LogP contribution in [0.25, 0.3) is 0 Å². The Kier molecular flexibility index (Phi) is 3.50. The highest BCUT2D eigenvalue weighted by Gasteiger charge is 2.31. The van der Waals surface area contributed by atoms with Crippen molar-refractivity contribution in [1.29, 1.82) is 0 Å². The van der Waals surface area contributed by atoms with Crippen molar-refractivity contribution in [3.05, 3.63) is 29.3 Å². The summed E-state index contributed by atoms with van der Waals surface area (Å²) in [6.07, 6.45) is 3.37. The minimum absolute atomic E-state index is 0.0631. The summed E-state index contributed by atoms with van der Waals surface area (Å²) in [5.74, 6) is 1.09. The van der Waals surface area contributed by atoms with Crippen molar-refractivity contribution in [1.82, 2.24) is 5.32 Å². The number of fused-ring (bicyclic) bond motifs is 1. The zero-order chi connectivity index (χ0) is 13.3. The number of para-hydroxylation sites is 1. The predicted octanol–water partition coefficient (Wildman–Crippen LogP) is 2.67. The van der Waals surface area contributed by atoms with Crippen LogP contribution in [0.3, 0.4) is 0 Å². The maximum atomic E-state index is 6.09. The third-order valence-electron chi connectivity index (χ3n) is 3.91. The van der Waals surface area contributed by atoms with Crippen molar-refractivity contribution >= 4 is 0 Å². The van der Waals surface area contributed by atoms with Gasteiger partial charge in [0.15, 0.2) is 0 Å². The highest BCUT2D eigenvalue weighted by molar-refractivity contribution is 5.45.